The highest BCUT2D eigenvalue weighted by Gasteiger charge is 2.34. The molecule has 3 nitrogen and oxygen atoms in total. The number of amides is 1. The molecule has 2 rings (SSSR count). The lowest BCUT2D eigenvalue weighted by molar-refractivity contribution is -0.141. The van der Waals surface area contributed by atoms with Crippen LogP contribution in [0.3, 0.4) is 0 Å². The summed E-state index contributed by atoms with van der Waals surface area (Å²) in [5, 5.41) is 2.39. The van der Waals surface area contributed by atoms with Gasteiger partial charge in [0.2, 0.25) is 0 Å². The van der Waals surface area contributed by atoms with Crippen molar-refractivity contribution in [2.75, 3.05) is 0 Å². The summed E-state index contributed by atoms with van der Waals surface area (Å²) in [7, 11) is 0. The average molecular weight is 202 g/mol. The number of nitrogens with zero attached hydrogens (tertiary/aromatic N) is 1. The zero-order valence-corrected chi connectivity index (χ0v) is 6.85. The Morgan fingerprint density at radius 1 is 1.36 bits per heavy atom. The third kappa shape index (κ3) is 1.32. The predicted octanol–water partition coefficient (Wildman–Crippen LogP) is 1.34. The number of carbonyl (C=O) groups excluding carboxylic acids is 1. The third-order valence-corrected chi connectivity index (χ3v) is 1.92. The minimum absolute atomic E-state index is 0.125. The van der Waals surface area contributed by atoms with Crippen LogP contribution in [0.25, 0.3) is 0 Å². The fraction of sp³-hybridized carbons (Fsp3) is 0.250. The molecule has 1 aromatic heterocycles. The zero-order valence-electron chi connectivity index (χ0n) is 6.85. The molecule has 0 aliphatic carbocycles. The number of aromatic nitrogens is 1. The molecule has 74 valence electrons. The Kier molecular flexibility index (Phi) is 1.73. The monoisotopic (exact) mass is 202 g/mol. The number of hydrogen-bond donors (Lipinski definition) is 1. The summed E-state index contributed by atoms with van der Waals surface area (Å²) >= 11 is 0. The number of pyridine rings is 1. The van der Waals surface area contributed by atoms with Crippen LogP contribution < -0.4 is 5.32 Å². The third-order valence-electron chi connectivity index (χ3n) is 1.92. The second kappa shape index (κ2) is 2.70. The van der Waals surface area contributed by atoms with Gasteiger partial charge in [-0.1, -0.05) is 6.07 Å². The number of nitrogens with one attached hydrogen (secondary N) is 1. The number of alkyl halides is 3. The van der Waals surface area contributed by atoms with Crippen molar-refractivity contribution in [2.45, 2.75) is 12.7 Å². The molecule has 6 heteroatoms. The number of rotatable bonds is 0. The smallest absolute Gasteiger partial charge is 0.347 e. The molecule has 0 saturated carbocycles. The fourth-order valence-corrected chi connectivity index (χ4v) is 1.24. The SMILES string of the molecule is O=C1NCc2ccc(C(F)(F)F)nc21. The first-order valence-electron chi connectivity index (χ1n) is 3.84. The summed E-state index contributed by atoms with van der Waals surface area (Å²) in [4.78, 5) is 14.3. The van der Waals surface area contributed by atoms with Crippen LogP contribution in [0.4, 0.5) is 13.2 Å². The van der Waals surface area contributed by atoms with Crippen molar-refractivity contribution in [3.63, 3.8) is 0 Å². The van der Waals surface area contributed by atoms with E-state index in [1.165, 1.54) is 6.07 Å². The number of hydrogen-bond acceptors (Lipinski definition) is 2. The highest BCUT2D eigenvalue weighted by Crippen LogP contribution is 2.28. The van der Waals surface area contributed by atoms with E-state index in [-0.39, 0.29) is 12.2 Å². The van der Waals surface area contributed by atoms with Crippen molar-refractivity contribution in [1.29, 1.82) is 0 Å². The summed E-state index contributed by atoms with van der Waals surface area (Å²) in [6.45, 7) is 0.249. The van der Waals surface area contributed by atoms with Gasteiger partial charge in [0, 0.05) is 12.1 Å². The maximum atomic E-state index is 12.2. The lowest BCUT2D eigenvalue weighted by Crippen LogP contribution is -2.15. The van der Waals surface area contributed by atoms with E-state index in [1.807, 2.05) is 0 Å². The minimum Gasteiger partial charge on any atom is -0.347 e. The molecule has 0 saturated heterocycles. The highest BCUT2D eigenvalue weighted by molar-refractivity contribution is 5.96. The lowest BCUT2D eigenvalue weighted by Gasteiger charge is -2.05. The van der Waals surface area contributed by atoms with E-state index in [2.05, 4.69) is 10.3 Å². The molecule has 0 spiro atoms. The maximum Gasteiger partial charge on any atom is 0.433 e. The lowest BCUT2D eigenvalue weighted by atomic mass is 10.2. The first-order valence-corrected chi connectivity index (χ1v) is 3.84. The fourth-order valence-electron chi connectivity index (χ4n) is 1.24. The molecule has 1 aromatic rings. The van der Waals surface area contributed by atoms with Gasteiger partial charge < -0.3 is 5.32 Å². The van der Waals surface area contributed by atoms with Gasteiger partial charge in [0.05, 0.1) is 0 Å². The minimum atomic E-state index is -4.50. The maximum absolute atomic E-state index is 12.2. The van der Waals surface area contributed by atoms with E-state index < -0.39 is 17.8 Å². The van der Waals surface area contributed by atoms with Crippen molar-refractivity contribution in [3.8, 4) is 0 Å². The molecular formula is C8H5F3N2O. The van der Waals surface area contributed by atoms with Crippen molar-refractivity contribution in [3.05, 3.63) is 29.1 Å². The van der Waals surface area contributed by atoms with E-state index in [0.29, 0.717) is 5.56 Å². The van der Waals surface area contributed by atoms with Gasteiger partial charge in [0.25, 0.3) is 5.91 Å². The molecule has 0 fully saturated rings. The van der Waals surface area contributed by atoms with Crippen LogP contribution in [0.15, 0.2) is 12.1 Å². The Bertz CT molecular complexity index is 400. The summed E-state index contributed by atoms with van der Waals surface area (Å²) in [6.07, 6.45) is -4.50. The van der Waals surface area contributed by atoms with Crippen LogP contribution >= 0.6 is 0 Å². The van der Waals surface area contributed by atoms with Gasteiger partial charge >= 0.3 is 6.18 Å². The average Bonchev–Trinajstić information content (AvgIpc) is 2.46. The standard InChI is InChI=1S/C8H5F3N2O/c9-8(10,11)5-2-1-4-3-12-7(14)6(4)13-5/h1-2H,3H2,(H,12,14). The first-order chi connectivity index (χ1) is 6.48. The number of halogens is 3. The largest absolute Gasteiger partial charge is 0.433 e. The van der Waals surface area contributed by atoms with E-state index in [1.54, 1.807) is 0 Å². The Labute approximate surface area is 76.9 Å². The van der Waals surface area contributed by atoms with E-state index in [0.717, 1.165) is 6.07 Å². The Hall–Kier alpha value is -1.59. The van der Waals surface area contributed by atoms with Crippen molar-refractivity contribution >= 4 is 5.91 Å². The van der Waals surface area contributed by atoms with E-state index >= 15 is 0 Å². The van der Waals surface area contributed by atoms with Crippen LogP contribution in [0.1, 0.15) is 21.7 Å². The quantitative estimate of drug-likeness (QED) is 0.689. The second-order valence-corrected chi connectivity index (χ2v) is 2.88. The van der Waals surface area contributed by atoms with Gasteiger partial charge in [-0.25, -0.2) is 4.98 Å². The summed E-state index contributed by atoms with van der Waals surface area (Å²) in [6, 6.07) is 2.14. The van der Waals surface area contributed by atoms with Gasteiger partial charge in [-0.3, -0.25) is 4.79 Å². The first kappa shape index (κ1) is 8.98. The summed E-state index contributed by atoms with van der Waals surface area (Å²) in [5.41, 5.74) is -0.656. The van der Waals surface area contributed by atoms with Gasteiger partial charge in [-0.05, 0) is 6.07 Å². The van der Waals surface area contributed by atoms with Gasteiger partial charge in [-0.15, -0.1) is 0 Å². The van der Waals surface area contributed by atoms with Crippen LogP contribution in [0, 0.1) is 0 Å². The molecule has 0 bridgehead atoms. The normalized spacial score (nSPS) is 15.2. The molecule has 1 amide bonds. The van der Waals surface area contributed by atoms with Gasteiger partial charge in [0.15, 0.2) is 0 Å². The molecule has 1 aliphatic heterocycles. The predicted molar refractivity (Wildman–Crippen MR) is 40.4 cm³/mol. The Morgan fingerprint density at radius 3 is 2.71 bits per heavy atom. The van der Waals surface area contributed by atoms with Gasteiger partial charge in [-0.2, -0.15) is 13.2 Å². The molecule has 0 atom stereocenters. The van der Waals surface area contributed by atoms with Crippen molar-refractivity contribution in [1.82, 2.24) is 10.3 Å². The molecule has 14 heavy (non-hydrogen) atoms. The summed E-state index contributed by atoms with van der Waals surface area (Å²) < 4.78 is 36.6. The Balaban J connectivity index is 2.50. The number of fused-ring (bicyclic) bond motifs is 1. The molecule has 1 N–H and O–H groups in total. The topological polar surface area (TPSA) is 42.0 Å². The molecule has 0 aromatic carbocycles. The molecular weight excluding hydrogens is 197 g/mol. The van der Waals surface area contributed by atoms with Crippen LogP contribution in [-0.2, 0) is 12.7 Å². The second-order valence-electron chi connectivity index (χ2n) is 2.88. The Morgan fingerprint density at radius 2 is 2.07 bits per heavy atom. The van der Waals surface area contributed by atoms with E-state index in [9.17, 15) is 18.0 Å². The summed E-state index contributed by atoms with van der Waals surface area (Å²) in [5.74, 6) is -0.550. The van der Waals surface area contributed by atoms with Crippen LogP contribution in [0.5, 0.6) is 0 Å². The molecule has 2 heterocycles. The van der Waals surface area contributed by atoms with Crippen LogP contribution in [-0.4, -0.2) is 10.9 Å². The molecule has 0 radical (unpaired) electrons. The van der Waals surface area contributed by atoms with E-state index in [4.69, 9.17) is 0 Å². The van der Waals surface area contributed by atoms with Crippen molar-refractivity contribution in [2.24, 2.45) is 0 Å². The highest BCUT2D eigenvalue weighted by atomic mass is 19.4. The van der Waals surface area contributed by atoms with Gasteiger partial charge in [0.1, 0.15) is 11.4 Å². The molecule has 1 aliphatic rings. The number of carbonyl (C=O) groups is 1. The molecule has 0 unspecified atom stereocenters. The van der Waals surface area contributed by atoms with Crippen LogP contribution in [0.2, 0.25) is 0 Å². The van der Waals surface area contributed by atoms with Crippen molar-refractivity contribution < 1.29 is 18.0 Å². The zero-order chi connectivity index (χ0) is 10.3.